The molecule has 2 N–H and O–H groups in total. The second kappa shape index (κ2) is 9.71. The molecule has 0 atom stereocenters. The largest absolute Gasteiger partial charge is 0.357 e. The number of hydrogen-bond donors (Lipinski definition) is 2. The molecule has 1 saturated carbocycles. The Kier molecular flexibility index (Phi) is 8.50. The molecule has 1 aromatic carbocycles. The Balaban J connectivity index is 0.00000364. The molecule has 1 fully saturated rings. The van der Waals surface area contributed by atoms with E-state index < -0.39 is 0 Å². The van der Waals surface area contributed by atoms with E-state index in [4.69, 9.17) is 4.99 Å². The minimum Gasteiger partial charge on any atom is -0.357 e. The van der Waals surface area contributed by atoms with Gasteiger partial charge in [-0.2, -0.15) is 0 Å². The van der Waals surface area contributed by atoms with Crippen molar-refractivity contribution in [2.24, 2.45) is 4.99 Å². The molecular weight excluding hydrogens is 458 g/mol. The van der Waals surface area contributed by atoms with Gasteiger partial charge in [-0.3, -0.25) is 9.79 Å². The number of benzene rings is 1. The molecule has 1 aliphatic carbocycles. The average molecular weight is 490 g/mol. The highest BCUT2D eigenvalue weighted by Crippen LogP contribution is 2.48. The van der Waals surface area contributed by atoms with Crippen LogP contribution in [0.4, 0.5) is 4.39 Å². The number of likely N-dealkylation sites (N-methyl/N-ethyl adjacent to an activating group) is 1. The molecule has 152 valence electrons. The Morgan fingerprint density at radius 1 is 1.33 bits per heavy atom. The van der Waals surface area contributed by atoms with E-state index in [0.717, 1.165) is 24.9 Å². The van der Waals surface area contributed by atoms with Crippen molar-refractivity contribution < 1.29 is 9.18 Å². The fourth-order valence-electron chi connectivity index (χ4n) is 2.95. The van der Waals surface area contributed by atoms with E-state index in [1.54, 1.807) is 12.1 Å². The van der Waals surface area contributed by atoms with Crippen LogP contribution in [0.2, 0.25) is 0 Å². The average Bonchev–Trinajstić information content (AvgIpc) is 3.30. The molecule has 0 saturated heterocycles. The van der Waals surface area contributed by atoms with Crippen LogP contribution in [0.25, 0.3) is 0 Å². The van der Waals surface area contributed by atoms with Crippen molar-refractivity contribution in [2.45, 2.75) is 51.5 Å². The lowest BCUT2D eigenvalue weighted by Crippen LogP contribution is -2.49. The van der Waals surface area contributed by atoms with Gasteiger partial charge in [-0.25, -0.2) is 4.39 Å². The van der Waals surface area contributed by atoms with Gasteiger partial charge in [0.25, 0.3) is 0 Å². The van der Waals surface area contributed by atoms with Gasteiger partial charge in [-0.15, -0.1) is 24.0 Å². The summed E-state index contributed by atoms with van der Waals surface area (Å²) >= 11 is 0. The van der Waals surface area contributed by atoms with Crippen molar-refractivity contribution in [3.63, 3.8) is 0 Å². The quantitative estimate of drug-likeness (QED) is 0.366. The lowest BCUT2D eigenvalue weighted by molar-refractivity contribution is -0.122. The number of nitrogens with zero attached hydrogens (tertiary/aromatic N) is 2. The van der Waals surface area contributed by atoms with Crippen LogP contribution in [0.5, 0.6) is 0 Å². The molecule has 27 heavy (non-hydrogen) atoms. The monoisotopic (exact) mass is 490 g/mol. The number of guanidine groups is 1. The Labute approximate surface area is 179 Å². The third kappa shape index (κ3) is 7.27. The van der Waals surface area contributed by atoms with E-state index in [9.17, 15) is 9.18 Å². The van der Waals surface area contributed by atoms with Crippen molar-refractivity contribution in [3.8, 4) is 0 Å². The normalized spacial score (nSPS) is 15.6. The minimum absolute atomic E-state index is 0. The number of carbonyl (C=O) groups excluding carboxylic acids is 1. The Bertz CT molecular complexity index is 668. The van der Waals surface area contributed by atoms with Crippen LogP contribution in [0.15, 0.2) is 29.3 Å². The highest BCUT2D eigenvalue weighted by atomic mass is 127. The smallest absolute Gasteiger partial charge is 0.240 e. The first-order valence-corrected chi connectivity index (χ1v) is 9.22. The van der Waals surface area contributed by atoms with Gasteiger partial charge < -0.3 is 15.5 Å². The molecule has 0 heterocycles. The molecule has 0 aromatic heterocycles. The second-order valence-corrected chi connectivity index (χ2v) is 8.12. The van der Waals surface area contributed by atoms with Crippen LogP contribution in [0, 0.1) is 5.82 Å². The summed E-state index contributed by atoms with van der Waals surface area (Å²) in [4.78, 5) is 18.7. The highest BCUT2D eigenvalue weighted by molar-refractivity contribution is 14.0. The molecule has 2 rings (SSSR count). The second-order valence-electron chi connectivity index (χ2n) is 8.12. The van der Waals surface area contributed by atoms with Crippen molar-refractivity contribution in [3.05, 3.63) is 35.6 Å². The Morgan fingerprint density at radius 3 is 2.52 bits per heavy atom. The third-order valence-electron chi connectivity index (χ3n) is 4.41. The first-order chi connectivity index (χ1) is 12.1. The van der Waals surface area contributed by atoms with Crippen LogP contribution in [-0.4, -0.2) is 49.0 Å². The SMILES string of the molecule is CCNC(=NCC1(c2cccc(F)c2)CC1)N(C)CC(=O)NC(C)(C)C.I. The molecule has 0 aliphatic heterocycles. The van der Waals surface area contributed by atoms with Gasteiger partial charge >= 0.3 is 0 Å². The molecule has 5 nitrogen and oxygen atoms in total. The number of aliphatic imine (C=N–C) groups is 1. The van der Waals surface area contributed by atoms with Gasteiger partial charge in [0.15, 0.2) is 5.96 Å². The van der Waals surface area contributed by atoms with Crippen LogP contribution in [0.3, 0.4) is 0 Å². The predicted molar refractivity (Wildman–Crippen MR) is 119 cm³/mol. The predicted octanol–water partition coefficient (Wildman–Crippen LogP) is 3.29. The van der Waals surface area contributed by atoms with E-state index in [1.165, 1.54) is 6.07 Å². The van der Waals surface area contributed by atoms with Crippen molar-refractivity contribution in [1.82, 2.24) is 15.5 Å². The van der Waals surface area contributed by atoms with Crippen LogP contribution < -0.4 is 10.6 Å². The minimum atomic E-state index is -0.261. The van der Waals surface area contributed by atoms with Gasteiger partial charge in [-0.05, 0) is 58.2 Å². The summed E-state index contributed by atoms with van der Waals surface area (Å²) in [5.41, 5.74) is 0.672. The first kappa shape index (κ1) is 23.7. The van der Waals surface area contributed by atoms with Crippen LogP contribution in [-0.2, 0) is 10.2 Å². The summed E-state index contributed by atoms with van der Waals surface area (Å²) in [6, 6.07) is 6.80. The molecule has 1 amide bonds. The van der Waals surface area contributed by atoms with Gasteiger partial charge in [0.05, 0.1) is 13.1 Å². The lowest BCUT2D eigenvalue weighted by atomic mass is 9.96. The Hall–Kier alpha value is -1.38. The van der Waals surface area contributed by atoms with Gasteiger partial charge in [0.1, 0.15) is 5.82 Å². The molecule has 1 aromatic rings. The molecule has 0 spiro atoms. The van der Waals surface area contributed by atoms with E-state index in [2.05, 4.69) is 10.6 Å². The van der Waals surface area contributed by atoms with Crippen molar-refractivity contribution in [2.75, 3.05) is 26.7 Å². The lowest BCUT2D eigenvalue weighted by Gasteiger charge is -2.26. The molecule has 7 heteroatoms. The van der Waals surface area contributed by atoms with Crippen molar-refractivity contribution in [1.29, 1.82) is 0 Å². The summed E-state index contributed by atoms with van der Waals surface area (Å²) < 4.78 is 13.6. The number of halogens is 2. The van der Waals surface area contributed by atoms with E-state index in [1.807, 2.05) is 45.7 Å². The zero-order valence-corrected chi connectivity index (χ0v) is 19.3. The zero-order valence-electron chi connectivity index (χ0n) is 16.9. The third-order valence-corrected chi connectivity index (χ3v) is 4.41. The molecular formula is C20H32FIN4O. The van der Waals surface area contributed by atoms with Gasteiger partial charge in [0.2, 0.25) is 5.91 Å². The van der Waals surface area contributed by atoms with E-state index in [0.29, 0.717) is 12.5 Å². The number of nitrogens with one attached hydrogen (secondary N) is 2. The summed E-state index contributed by atoms with van der Waals surface area (Å²) in [5.74, 6) is 0.441. The topological polar surface area (TPSA) is 56.7 Å². The van der Waals surface area contributed by atoms with Gasteiger partial charge in [-0.1, -0.05) is 12.1 Å². The van der Waals surface area contributed by atoms with E-state index in [-0.39, 0.29) is 53.2 Å². The summed E-state index contributed by atoms with van der Waals surface area (Å²) in [6.07, 6.45) is 2.02. The molecule has 1 aliphatic rings. The summed E-state index contributed by atoms with van der Waals surface area (Å²) in [7, 11) is 1.85. The number of rotatable bonds is 6. The van der Waals surface area contributed by atoms with E-state index >= 15 is 0 Å². The number of carbonyl (C=O) groups is 1. The summed E-state index contributed by atoms with van der Waals surface area (Å²) in [5, 5.41) is 6.19. The molecule has 0 bridgehead atoms. The number of hydrogen-bond acceptors (Lipinski definition) is 2. The molecule has 0 unspecified atom stereocenters. The maximum absolute atomic E-state index is 13.6. The van der Waals surface area contributed by atoms with Crippen LogP contribution >= 0.6 is 24.0 Å². The zero-order chi connectivity index (χ0) is 19.4. The van der Waals surface area contributed by atoms with Crippen LogP contribution in [0.1, 0.15) is 46.1 Å². The fraction of sp³-hybridized carbons (Fsp3) is 0.600. The maximum atomic E-state index is 13.6. The highest BCUT2D eigenvalue weighted by Gasteiger charge is 2.44. The fourth-order valence-corrected chi connectivity index (χ4v) is 2.95. The standard InChI is InChI=1S/C20H31FN4O.HI/c1-6-22-18(25(5)13-17(26)24-19(2,3)4)23-14-20(10-11-20)15-8-7-9-16(21)12-15;/h7-9,12H,6,10-11,13-14H2,1-5H3,(H,22,23)(H,24,26);1H. The summed E-state index contributed by atoms with van der Waals surface area (Å²) in [6.45, 7) is 9.41. The molecule has 0 radical (unpaired) electrons. The number of amides is 1. The van der Waals surface area contributed by atoms with Crippen molar-refractivity contribution >= 4 is 35.8 Å². The first-order valence-electron chi connectivity index (χ1n) is 9.22. The Morgan fingerprint density at radius 2 is 2.00 bits per heavy atom. The maximum Gasteiger partial charge on any atom is 0.240 e. The van der Waals surface area contributed by atoms with Gasteiger partial charge in [0, 0.05) is 24.5 Å².